The van der Waals surface area contributed by atoms with Gasteiger partial charge < -0.3 is 13.6 Å². The molecule has 1 aromatic heterocycles. The number of ether oxygens (including phenoxy) is 1. The molecule has 1 aliphatic rings. The van der Waals surface area contributed by atoms with Gasteiger partial charge in [-0.2, -0.15) is 5.26 Å². The molecule has 0 unspecified atom stereocenters. The van der Waals surface area contributed by atoms with Gasteiger partial charge in [0, 0.05) is 18.7 Å². The van der Waals surface area contributed by atoms with Crippen molar-refractivity contribution in [1.82, 2.24) is 9.55 Å². The molecule has 1 fully saturated rings. The first kappa shape index (κ1) is 26.7. The molecule has 0 aliphatic carbocycles. The average molecular weight is 482 g/mol. The van der Waals surface area contributed by atoms with Crippen molar-refractivity contribution in [2.24, 2.45) is 0 Å². The van der Waals surface area contributed by atoms with Gasteiger partial charge in [0.1, 0.15) is 12.2 Å². The van der Waals surface area contributed by atoms with Crippen LogP contribution >= 0.6 is 0 Å². The number of rotatable bonds is 6. The largest absolute Gasteiger partial charge is 0.414 e. The van der Waals surface area contributed by atoms with Crippen molar-refractivity contribution in [2.75, 3.05) is 6.61 Å². The number of hydrogen-bond donors (Lipinski definition) is 1. The molecule has 0 saturated carbocycles. The molecule has 0 aromatic carbocycles. The first-order chi connectivity index (χ1) is 14.4. The fourth-order valence-electron chi connectivity index (χ4n) is 3.08. The van der Waals surface area contributed by atoms with Crippen molar-refractivity contribution in [1.29, 1.82) is 5.26 Å². The lowest BCUT2D eigenvalue weighted by molar-refractivity contribution is -0.0816. The van der Waals surface area contributed by atoms with Crippen molar-refractivity contribution >= 4 is 16.6 Å². The van der Waals surface area contributed by atoms with Crippen LogP contribution < -0.4 is 11.2 Å². The number of H-pyrrole nitrogens is 1. The van der Waals surface area contributed by atoms with Crippen LogP contribution in [0.1, 0.15) is 48.0 Å². The highest BCUT2D eigenvalue weighted by Gasteiger charge is 2.53. The Bertz CT molecular complexity index is 981. The van der Waals surface area contributed by atoms with E-state index in [-0.39, 0.29) is 23.1 Å². The minimum absolute atomic E-state index is 0.0174. The molecule has 3 atom stereocenters. The first-order valence-corrected chi connectivity index (χ1v) is 16.9. The van der Waals surface area contributed by atoms with Gasteiger partial charge in [-0.25, -0.2) is 4.79 Å². The van der Waals surface area contributed by atoms with E-state index in [9.17, 15) is 14.9 Å². The van der Waals surface area contributed by atoms with E-state index in [4.69, 9.17) is 13.6 Å². The van der Waals surface area contributed by atoms with Gasteiger partial charge in [0.15, 0.2) is 16.6 Å². The molecule has 0 radical (unpaired) electrons. The van der Waals surface area contributed by atoms with Crippen LogP contribution in [0.15, 0.2) is 21.9 Å². The fraction of sp³-hybridized carbons (Fsp3) is 0.773. The van der Waals surface area contributed by atoms with Crippen molar-refractivity contribution in [3.05, 3.63) is 33.1 Å². The predicted molar refractivity (Wildman–Crippen MR) is 130 cm³/mol. The van der Waals surface area contributed by atoms with Gasteiger partial charge in [0.25, 0.3) is 5.56 Å². The highest BCUT2D eigenvalue weighted by Crippen LogP contribution is 2.43. The minimum Gasteiger partial charge on any atom is -0.414 e. The molecule has 10 heteroatoms. The summed E-state index contributed by atoms with van der Waals surface area (Å²) in [5, 5.41) is 10.1. The van der Waals surface area contributed by atoms with E-state index in [1.807, 2.05) is 0 Å². The fourth-order valence-corrected chi connectivity index (χ4v) is 5.44. The molecule has 32 heavy (non-hydrogen) atoms. The van der Waals surface area contributed by atoms with E-state index in [2.05, 4.69) is 78.8 Å². The molecule has 0 spiro atoms. The third kappa shape index (κ3) is 5.34. The quantitative estimate of drug-likeness (QED) is 0.617. The molecule has 1 aromatic rings. The summed E-state index contributed by atoms with van der Waals surface area (Å²) in [5.74, 6) is 0. The number of hydrogen-bond acceptors (Lipinski definition) is 6. The lowest BCUT2D eigenvalue weighted by atomic mass is 10.1. The van der Waals surface area contributed by atoms with Gasteiger partial charge in [-0.15, -0.1) is 0 Å². The maximum Gasteiger partial charge on any atom is 0.331 e. The Morgan fingerprint density at radius 3 is 2.19 bits per heavy atom. The van der Waals surface area contributed by atoms with Crippen LogP contribution in [-0.4, -0.2) is 45.0 Å². The van der Waals surface area contributed by atoms with Crippen molar-refractivity contribution in [3.63, 3.8) is 0 Å². The van der Waals surface area contributed by atoms with Gasteiger partial charge >= 0.3 is 5.69 Å². The molecule has 8 nitrogen and oxygen atoms in total. The zero-order chi connectivity index (χ0) is 24.8. The zero-order valence-electron chi connectivity index (χ0n) is 21.2. The van der Waals surface area contributed by atoms with Gasteiger partial charge in [-0.1, -0.05) is 41.5 Å². The summed E-state index contributed by atoms with van der Waals surface area (Å²) in [5.41, 5.74) is -2.78. The van der Waals surface area contributed by atoms with Crippen molar-refractivity contribution < 1.29 is 13.6 Å². The number of nitriles is 1. The standard InChI is InChI=1S/C22H39N3O5Si2/c1-20(2,3)31(7,8)28-14-17-16(30-32(9,10)21(4,5)6)13-22(15-23,29-17)25-12-11-18(26)24-19(25)27/h11-12,16-17H,13-14H2,1-10H3,(H,24,26,27)/t16-,17+,22-/m0/s1. The zero-order valence-corrected chi connectivity index (χ0v) is 23.2. The second-order valence-electron chi connectivity index (χ2n) is 11.7. The van der Waals surface area contributed by atoms with Crippen LogP contribution in [0.4, 0.5) is 0 Å². The van der Waals surface area contributed by atoms with Gasteiger partial charge in [-0.3, -0.25) is 14.3 Å². The Balaban J connectivity index is 2.44. The maximum absolute atomic E-state index is 12.5. The number of aromatic amines is 1. The molecular formula is C22H39N3O5Si2. The van der Waals surface area contributed by atoms with Crippen LogP contribution in [0, 0.1) is 11.3 Å². The Hall–Kier alpha value is -1.52. The van der Waals surface area contributed by atoms with Crippen LogP contribution in [-0.2, 0) is 19.3 Å². The van der Waals surface area contributed by atoms with E-state index in [1.54, 1.807) is 0 Å². The van der Waals surface area contributed by atoms with Crippen LogP contribution in [0.5, 0.6) is 0 Å². The van der Waals surface area contributed by atoms with E-state index in [1.165, 1.54) is 12.3 Å². The maximum atomic E-state index is 12.5. The summed E-state index contributed by atoms with van der Waals surface area (Å²) in [7, 11) is -4.28. The second kappa shape index (κ2) is 8.68. The number of nitrogens with one attached hydrogen (secondary N) is 1. The highest BCUT2D eigenvalue weighted by atomic mass is 28.4. The normalized spacial score (nSPS) is 25.0. The molecule has 1 saturated heterocycles. The highest BCUT2D eigenvalue weighted by molar-refractivity contribution is 6.74. The van der Waals surface area contributed by atoms with Crippen LogP contribution in [0.3, 0.4) is 0 Å². The molecule has 2 heterocycles. The summed E-state index contributed by atoms with van der Waals surface area (Å²) in [4.78, 5) is 26.3. The van der Waals surface area contributed by atoms with Crippen molar-refractivity contribution in [2.45, 2.75) is 102 Å². The SMILES string of the molecule is CC(C)(C)[Si](C)(C)OC[C@H]1O[C@@](C#N)(n2ccc(=O)[nH]c2=O)C[C@@H]1O[Si](C)(C)C(C)(C)C. The van der Waals surface area contributed by atoms with E-state index in [0.29, 0.717) is 0 Å². The van der Waals surface area contributed by atoms with E-state index >= 15 is 0 Å². The third-order valence-corrected chi connectivity index (χ3v) is 16.3. The van der Waals surface area contributed by atoms with Gasteiger partial charge in [-0.05, 0) is 36.3 Å². The average Bonchev–Trinajstić information content (AvgIpc) is 2.96. The molecule has 2 rings (SSSR count). The Kier molecular flexibility index (Phi) is 7.26. The summed E-state index contributed by atoms with van der Waals surface area (Å²) in [6, 6.07) is 3.39. The Morgan fingerprint density at radius 2 is 1.72 bits per heavy atom. The molecule has 180 valence electrons. The summed E-state index contributed by atoms with van der Waals surface area (Å²) in [6.07, 6.45) is 0.550. The minimum atomic E-state index is -2.20. The first-order valence-electron chi connectivity index (χ1n) is 11.1. The molecule has 0 bridgehead atoms. The van der Waals surface area contributed by atoms with E-state index in [0.717, 1.165) is 4.57 Å². The smallest absolute Gasteiger partial charge is 0.331 e. The summed E-state index contributed by atoms with van der Waals surface area (Å²) >= 11 is 0. The van der Waals surface area contributed by atoms with Crippen LogP contribution in [0.25, 0.3) is 0 Å². The molecule has 1 aliphatic heterocycles. The number of nitrogens with zero attached hydrogens (tertiary/aromatic N) is 2. The number of aromatic nitrogens is 2. The molecule has 0 amide bonds. The van der Waals surface area contributed by atoms with Crippen molar-refractivity contribution in [3.8, 4) is 6.07 Å². The molecular weight excluding hydrogens is 442 g/mol. The lowest BCUT2D eigenvalue weighted by Gasteiger charge is -2.40. The third-order valence-electron chi connectivity index (χ3n) is 7.29. The van der Waals surface area contributed by atoms with Gasteiger partial charge in [0.05, 0.1) is 12.7 Å². The predicted octanol–water partition coefficient (Wildman–Crippen LogP) is 3.91. The lowest BCUT2D eigenvalue weighted by Crippen LogP contribution is -2.48. The molecule has 1 N–H and O–H groups in total. The monoisotopic (exact) mass is 481 g/mol. The van der Waals surface area contributed by atoms with Gasteiger partial charge in [0.2, 0.25) is 5.72 Å². The second-order valence-corrected chi connectivity index (χ2v) is 21.3. The summed E-state index contributed by atoms with van der Waals surface area (Å²) in [6.45, 7) is 21.9. The van der Waals surface area contributed by atoms with E-state index < -0.39 is 45.8 Å². The Labute approximate surface area is 193 Å². The topological polar surface area (TPSA) is 106 Å². The summed E-state index contributed by atoms with van der Waals surface area (Å²) < 4.78 is 20.5. The van der Waals surface area contributed by atoms with Crippen LogP contribution in [0.2, 0.25) is 36.3 Å². The Morgan fingerprint density at radius 1 is 1.16 bits per heavy atom.